The van der Waals surface area contributed by atoms with Crippen molar-refractivity contribution in [2.24, 2.45) is 0 Å². The van der Waals surface area contributed by atoms with Crippen LogP contribution >= 0.6 is 0 Å². The van der Waals surface area contributed by atoms with E-state index in [0.29, 0.717) is 22.1 Å². The lowest BCUT2D eigenvalue weighted by Crippen LogP contribution is -2.28. The molecule has 1 unspecified atom stereocenters. The zero-order valence-electron chi connectivity index (χ0n) is 14.1. The van der Waals surface area contributed by atoms with Crippen molar-refractivity contribution in [2.45, 2.75) is 19.6 Å². The van der Waals surface area contributed by atoms with E-state index in [1.807, 2.05) is 30.3 Å². The van der Waals surface area contributed by atoms with Gasteiger partial charge >= 0.3 is 0 Å². The van der Waals surface area contributed by atoms with Gasteiger partial charge in [0.1, 0.15) is 17.5 Å². The molecule has 126 valence electrons. The molecule has 5 nitrogen and oxygen atoms in total. The molecule has 0 saturated heterocycles. The van der Waals surface area contributed by atoms with E-state index >= 15 is 0 Å². The van der Waals surface area contributed by atoms with E-state index in [0.717, 1.165) is 5.56 Å². The Balaban J connectivity index is 2.50. The normalized spacial score (nSPS) is 11.9. The van der Waals surface area contributed by atoms with Gasteiger partial charge in [0.05, 0.1) is 19.8 Å². The number of rotatable bonds is 4. The molecule has 2 aromatic carbocycles. The molecule has 0 radical (unpaired) electrons. The third-order valence-electron chi connectivity index (χ3n) is 4.09. The van der Waals surface area contributed by atoms with Crippen molar-refractivity contribution in [3.63, 3.8) is 0 Å². The first-order chi connectivity index (χ1) is 12.1. The molecule has 0 aliphatic rings. The van der Waals surface area contributed by atoms with Gasteiger partial charge in [0.25, 0.3) is 5.56 Å². The van der Waals surface area contributed by atoms with Crippen LogP contribution in [0.25, 0.3) is 21.9 Å². The summed E-state index contributed by atoms with van der Waals surface area (Å²) in [6, 6.07) is 16.8. The number of nitriles is 1. The summed E-state index contributed by atoms with van der Waals surface area (Å²) in [4.78, 5) is 12.9. The highest BCUT2D eigenvalue weighted by molar-refractivity contribution is 5.99. The Bertz CT molecular complexity index is 1020. The van der Waals surface area contributed by atoms with Crippen LogP contribution in [0.5, 0.6) is 5.75 Å². The summed E-state index contributed by atoms with van der Waals surface area (Å²) in [5, 5.41) is 20.7. The first-order valence-electron chi connectivity index (χ1n) is 7.95. The molecule has 3 aromatic rings. The third-order valence-corrected chi connectivity index (χ3v) is 4.09. The van der Waals surface area contributed by atoms with Crippen LogP contribution in [0, 0.1) is 11.3 Å². The number of hydrogen-bond donors (Lipinski definition) is 1. The number of fused-ring (bicyclic) bond motifs is 1. The zero-order chi connectivity index (χ0) is 18.0. The highest BCUT2D eigenvalue weighted by Gasteiger charge is 2.19. The van der Waals surface area contributed by atoms with Crippen LogP contribution in [0.15, 0.2) is 53.3 Å². The fourth-order valence-electron chi connectivity index (χ4n) is 3.00. The molecule has 1 aromatic heterocycles. The molecular formula is C20H18N2O3. The van der Waals surface area contributed by atoms with Crippen LogP contribution in [-0.2, 0) is 6.54 Å². The van der Waals surface area contributed by atoms with Gasteiger partial charge in [-0.05, 0) is 30.7 Å². The first-order valence-corrected chi connectivity index (χ1v) is 7.95. The molecule has 0 bridgehead atoms. The molecule has 0 aliphatic carbocycles. The monoisotopic (exact) mass is 334 g/mol. The van der Waals surface area contributed by atoms with Crippen molar-refractivity contribution >= 4 is 10.8 Å². The van der Waals surface area contributed by atoms with Crippen LogP contribution in [-0.4, -0.2) is 22.9 Å². The SMILES string of the molecule is COc1ccc2c(=O)n(CC(C)O)c(C#N)c(-c3ccccc3)c2c1. The quantitative estimate of drug-likeness (QED) is 0.796. The van der Waals surface area contributed by atoms with Gasteiger partial charge in [-0.2, -0.15) is 5.26 Å². The predicted octanol–water partition coefficient (Wildman–Crippen LogP) is 2.93. The Labute approximate surface area is 145 Å². The fraction of sp³-hybridized carbons (Fsp3) is 0.200. The van der Waals surface area contributed by atoms with E-state index in [4.69, 9.17) is 4.74 Å². The van der Waals surface area contributed by atoms with Crippen LogP contribution in [0.1, 0.15) is 12.6 Å². The summed E-state index contributed by atoms with van der Waals surface area (Å²) in [5.41, 5.74) is 1.43. The van der Waals surface area contributed by atoms with Gasteiger partial charge in [-0.1, -0.05) is 30.3 Å². The summed E-state index contributed by atoms with van der Waals surface area (Å²) < 4.78 is 6.64. The minimum absolute atomic E-state index is 0.0591. The third kappa shape index (κ3) is 3.00. The Morgan fingerprint density at radius 3 is 2.52 bits per heavy atom. The number of ether oxygens (including phenoxy) is 1. The Morgan fingerprint density at radius 1 is 1.20 bits per heavy atom. The molecule has 0 amide bonds. The van der Waals surface area contributed by atoms with Crippen molar-refractivity contribution in [1.29, 1.82) is 5.26 Å². The smallest absolute Gasteiger partial charge is 0.259 e. The number of aromatic nitrogens is 1. The Hall–Kier alpha value is -3.10. The summed E-state index contributed by atoms with van der Waals surface area (Å²) in [7, 11) is 1.56. The maximum atomic E-state index is 12.9. The average molecular weight is 334 g/mol. The number of aliphatic hydroxyl groups is 1. The van der Waals surface area contributed by atoms with Gasteiger partial charge in [-0.3, -0.25) is 9.36 Å². The largest absolute Gasteiger partial charge is 0.497 e. The van der Waals surface area contributed by atoms with Crippen LogP contribution < -0.4 is 10.3 Å². The molecule has 1 heterocycles. The number of benzene rings is 2. The maximum Gasteiger partial charge on any atom is 0.259 e. The van der Waals surface area contributed by atoms with E-state index < -0.39 is 6.10 Å². The molecule has 1 N–H and O–H groups in total. The second-order valence-electron chi connectivity index (χ2n) is 5.88. The van der Waals surface area contributed by atoms with Gasteiger partial charge < -0.3 is 9.84 Å². The summed E-state index contributed by atoms with van der Waals surface area (Å²) in [6.07, 6.45) is -0.746. The second-order valence-corrected chi connectivity index (χ2v) is 5.88. The lowest BCUT2D eigenvalue weighted by molar-refractivity contribution is 0.172. The number of hydrogen-bond acceptors (Lipinski definition) is 4. The average Bonchev–Trinajstić information content (AvgIpc) is 2.63. The Morgan fingerprint density at radius 2 is 1.92 bits per heavy atom. The molecular weight excluding hydrogens is 316 g/mol. The van der Waals surface area contributed by atoms with Gasteiger partial charge in [0, 0.05) is 16.3 Å². The Kier molecular flexibility index (Phi) is 4.55. The van der Waals surface area contributed by atoms with Gasteiger partial charge in [-0.15, -0.1) is 0 Å². The number of nitrogens with zero attached hydrogens (tertiary/aromatic N) is 2. The molecule has 0 fully saturated rings. The topological polar surface area (TPSA) is 75.2 Å². The number of pyridine rings is 1. The highest BCUT2D eigenvalue weighted by atomic mass is 16.5. The molecule has 25 heavy (non-hydrogen) atoms. The summed E-state index contributed by atoms with van der Waals surface area (Å²) >= 11 is 0. The van der Waals surface area contributed by atoms with Crippen molar-refractivity contribution in [2.75, 3.05) is 7.11 Å². The van der Waals surface area contributed by atoms with E-state index in [1.54, 1.807) is 32.2 Å². The van der Waals surface area contributed by atoms with E-state index in [9.17, 15) is 15.2 Å². The summed E-state index contributed by atoms with van der Waals surface area (Å²) in [6.45, 7) is 1.65. The summed E-state index contributed by atoms with van der Waals surface area (Å²) in [5.74, 6) is 0.612. The molecule has 0 aliphatic heterocycles. The molecule has 3 rings (SSSR count). The lowest BCUT2D eigenvalue weighted by atomic mass is 9.96. The standard InChI is InChI=1S/C20H18N2O3/c1-13(23)12-22-18(11-21)19(14-6-4-3-5-7-14)17-10-15(25-2)8-9-16(17)20(22)24/h3-10,13,23H,12H2,1-2H3. The second kappa shape index (κ2) is 6.80. The number of methoxy groups -OCH3 is 1. The zero-order valence-corrected chi connectivity index (χ0v) is 14.1. The van der Waals surface area contributed by atoms with Gasteiger partial charge in [-0.25, -0.2) is 0 Å². The fourth-order valence-corrected chi connectivity index (χ4v) is 3.00. The van der Waals surface area contributed by atoms with Gasteiger partial charge in [0.15, 0.2) is 0 Å². The number of aliphatic hydroxyl groups excluding tert-OH is 1. The molecule has 5 heteroatoms. The van der Waals surface area contributed by atoms with Crippen LogP contribution in [0.4, 0.5) is 0 Å². The van der Waals surface area contributed by atoms with Crippen molar-refractivity contribution in [3.8, 4) is 22.9 Å². The first kappa shape index (κ1) is 16.7. The molecule has 0 spiro atoms. The highest BCUT2D eigenvalue weighted by Crippen LogP contribution is 2.32. The molecule has 0 saturated carbocycles. The minimum atomic E-state index is -0.746. The lowest BCUT2D eigenvalue weighted by Gasteiger charge is -2.17. The maximum absolute atomic E-state index is 12.9. The predicted molar refractivity (Wildman–Crippen MR) is 96.6 cm³/mol. The van der Waals surface area contributed by atoms with Crippen molar-refractivity contribution in [1.82, 2.24) is 4.57 Å². The van der Waals surface area contributed by atoms with Crippen molar-refractivity contribution in [3.05, 3.63) is 64.6 Å². The minimum Gasteiger partial charge on any atom is -0.497 e. The van der Waals surface area contributed by atoms with Crippen LogP contribution in [0.3, 0.4) is 0 Å². The van der Waals surface area contributed by atoms with E-state index in [2.05, 4.69) is 6.07 Å². The van der Waals surface area contributed by atoms with E-state index in [-0.39, 0.29) is 17.8 Å². The van der Waals surface area contributed by atoms with Crippen molar-refractivity contribution < 1.29 is 9.84 Å². The van der Waals surface area contributed by atoms with Gasteiger partial charge in [0.2, 0.25) is 0 Å². The molecule has 1 atom stereocenters. The van der Waals surface area contributed by atoms with E-state index in [1.165, 1.54) is 4.57 Å². The van der Waals surface area contributed by atoms with Crippen LogP contribution in [0.2, 0.25) is 0 Å².